The van der Waals surface area contributed by atoms with Crippen LogP contribution in [0.15, 0.2) is 48.5 Å². The third kappa shape index (κ3) is 3.53. The maximum absolute atomic E-state index is 13.4. The van der Waals surface area contributed by atoms with Crippen LogP contribution < -0.4 is 10.1 Å². The van der Waals surface area contributed by atoms with E-state index in [0.29, 0.717) is 23.2 Å². The molecule has 0 amide bonds. The number of rotatable bonds is 7. The molecule has 2 heterocycles. The zero-order valence-corrected chi connectivity index (χ0v) is 19.1. The van der Waals surface area contributed by atoms with Crippen LogP contribution in [0, 0.1) is 0 Å². The zero-order chi connectivity index (χ0) is 24.7. The molecule has 0 atom stereocenters. The maximum Gasteiger partial charge on any atom is 0.342 e. The predicted octanol–water partition coefficient (Wildman–Crippen LogP) is 5.36. The molecule has 0 saturated carbocycles. The number of hydrogen-bond donors (Lipinski definition) is 4. The molecule has 0 fully saturated rings. The number of esters is 1. The van der Waals surface area contributed by atoms with E-state index in [9.17, 15) is 24.9 Å². The number of benzene rings is 3. The highest BCUT2D eigenvalue weighted by Gasteiger charge is 2.54. The molecule has 0 aromatic heterocycles. The third-order valence-corrected chi connectivity index (χ3v) is 6.51. The summed E-state index contributed by atoms with van der Waals surface area (Å²) in [7, 11) is 0. The molecule has 0 bridgehead atoms. The normalized spacial score (nSPS) is 14.5. The van der Waals surface area contributed by atoms with Crippen molar-refractivity contribution in [2.45, 2.75) is 38.2 Å². The Morgan fingerprint density at radius 1 is 0.914 bits per heavy atom. The molecule has 0 saturated heterocycles. The van der Waals surface area contributed by atoms with E-state index < -0.39 is 17.5 Å². The van der Waals surface area contributed by atoms with Gasteiger partial charge in [-0.15, -0.1) is 0 Å². The molecule has 8 nitrogen and oxygen atoms in total. The van der Waals surface area contributed by atoms with Crippen LogP contribution >= 0.6 is 0 Å². The molecular weight excluding hydrogens is 450 g/mol. The summed E-state index contributed by atoms with van der Waals surface area (Å²) in [4.78, 5) is 25.5. The lowest BCUT2D eigenvalue weighted by Gasteiger charge is -2.36. The molecule has 3 aromatic rings. The number of carboxylic acids is 1. The number of phenols is 2. The van der Waals surface area contributed by atoms with Gasteiger partial charge in [0.25, 0.3) is 0 Å². The van der Waals surface area contributed by atoms with Crippen LogP contribution in [0.1, 0.15) is 70.0 Å². The van der Waals surface area contributed by atoms with E-state index in [1.54, 1.807) is 18.2 Å². The lowest BCUT2D eigenvalue weighted by Crippen LogP contribution is -2.33. The van der Waals surface area contributed by atoms with Crippen molar-refractivity contribution in [1.29, 1.82) is 0 Å². The number of fused-ring (bicyclic) bond motifs is 6. The minimum absolute atomic E-state index is 0.0165. The van der Waals surface area contributed by atoms with E-state index >= 15 is 0 Å². The summed E-state index contributed by atoms with van der Waals surface area (Å²) in [6.07, 6.45) is 3.95. The topological polar surface area (TPSA) is 125 Å². The first-order chi connectivity index (χ1) is 16.9. The zero-order valence-electron chi connectivity index (χ0n) is 19.1. The van der Waals surface area contributed by atoms with Crippen LogP contribution in [-0.4, -0.2) is 33.8 Å². The second-order valence-corrected chi connectivity index (χ2v) is 8.74. The molecule has 2 aliphatic heterocycles. The van der Waals surface area contributed by atoms with Crippen LogP contribution in [0.2, 0.25) is 0 Å². The van der Waals surface area contributed by atoms with Crippen molar-refractivity contribution in [2.24, 2.45) is 0 Å². The molecule has 4 N–H and O–H groups in total. The van der Waals surface area contributed by atoms with Crippen molar-refractivity contribution in [3.05, 3.63) is 76.3 Å². The molecule has 180 valence electrons. The second kappa shape index (κ2) is 8.54. The van der Waals surface area contributed by atoms with Gasteiger partial charge in [0.1, 0.15) is 23.0 Å². The number of unbranched alkanes of at least 4 members (excludes halogenated alkanes) is 3. The molecule has 0 unspecified atom stereocenters. The summed E-state index contributed by atoms with van der Waals surface area (Å²) >= 11 is 0. The third-order valence-electron chi connectivity index (χ3n) is 6.51. The summed E-state index contributed by atoms with van der Waals surface area (Å²) in [6, 6.07) is 12.1. The van der Waals surface area contributed by atoms with Crippen LogP contribution in [-0.2, 0) is 10.3 Å². The summed E-state index contributed by atoms with van der Waals surface area (Å²) < 4.78 is 12.0. The lowest BCUT2D eigenvalue weighted by molar-refractivity contribution is 0.0224. The Hall–Kier alpha value is -4.20. The second-order valence-electron chi connectivity index (χ2n) is 8.74. The number of anilines is 1. The number of nitrogens with one attached hydrogen (secondary N) is 1. The van der Waals surface area contributed by atoms with Gasteiger partial charge in [-0.1, -0.05) is 32.3 Å². The number of aromatic carboxylic acids is 1. The summed E-state index contributed by atoms with van der Waals surface area (Å²) in [5.41, 5.74) is 0.353. The highest BCUT2D eigenvalue weighted by molar-refractivity contribution is 6.08. The van der Waals surface area contributed by atoms with Crippen molar-refractivity contribution >= 4 is 17.6 Å². The maximum atomic E-state index is 13.4. The molecule has 3 aromatic carbocycles. The largest absolute Gasteiger partial charge is 0.508 e. The fourth-order valence-corrected chi connectivity index (χ4v) is 4.92. The summed E-state index contributed by atoms with van der Waals surface area (Å²) in [5, 5.41) is 33.1. The number of carboxylic acid groups (broad SMARTS) is 1. The monoisotopic (exact) mass is 475 g/mol. The van der Waals surface area contributed by atoms with Gasteiger partial charge >= 0.3 is 11.9 Å². The average Bonchev–Trinajstić information content (AvgIpc) is 3.11. The van der Waals surface area contributed by atoms with Gasteiger partial charge in [-0.3, -0.25) is 0 Å². The van der Waals surface area contributed by atoms with Gasteiger partial charge in [-0.2, -0.15) is 0 Å². The van der Waals surface area contributed by atoms with Gasteiger partial charge in [-0.25, -0.2) is 9.59 Å². The Morgan fingerprint density at radius 3 is 2.14 bits per heavy atom. The average molecular weight is 475 g/mol. The summed E-state index contributed by atoms with van der Waals surface area (Å²) in [6.45, 7) is 2.62. The molecule has 2 aliphatic rings. The van der Waals surface area contributed by atoms with Crippen LogP contribution in [0.3, 0.4) is 0 Å². The highest BCUT2D eigenvalue weighted by Crippen LogP contribution is 2.58. The number of hydrogen-bond acceptors (Lipinski definition) is 7. The van der Waals surface area contributed by atoms with E-state index in [1.807, 2.05) is 0 Å². The number of ether oxygens (including phenoxy) is 2. The minimum atomic E-state index is -1.44. The Bertz CT molecular complexity index is 1300. The van der Waals surface area contributed by atoms with Crippen LogP contribution in [0.5, 0.6) is 23.0 Å². The molecule has 0 radical (unpaired) electrons. The van der Waals surface area contributed by atoms with Gasteiger partial charge in [0.2, 0.25) is 0 Å². The number of aromatic hydroxyl groups is 2. The van der Waals surface area contributed by atoms with Crippen molar-refractivity contribution in [1.82, 2.24) is 0 Å². The SMILES string of the molecule is CCCCCCNc1c(C(=O)O)ccc2c1C(=O)OC21c2ccc(O)cc2Oc2cc(O)ccc21. The van der Waals surface area contributed by atoms with E-state index in [2.05, 4.69) is 12.2 Å². The Labute approximate surface area is 201 Å². The number of phenolic OH excluding ortho intramolecular Hbond substituents is 2. The quantitative estimate of drug-likeness (QED) is 0.266. The van der Waals surface area contributed by atoms with Gasteiger partial charge in [0.05, 0.1) is 16.8 Å². The van der Waals surface area contributed by atoms with Crippen LogP contribution in [0.4, 0.5) is 5.69 Å². The van der Waals surface area contributed by atoms with Gasteiger partial charge in [0.15, 0.2) is 5.60 Å². The first-order valence-corrected chi connectivity index (χ1v) is 11.6. The molecule has 0 aliphatic carbocycles. The smallest absolute Gasteiger partial charge is 0.342 e. The van der Waals surface area contributed by atoms with Crippen molar-refractivity contribution in [3.63, 3.8) is 0 Å². The van der Waals surface area contributed by atoms with E-state index in [4.69, 9.17) is 9.47 Å². The predicted molar refractivity (Wildman–Crippen MR) is 128 cm³/mol. The fourth-order valence-electron chi connectivity index (χ4n) is 4.92. The molecular formula is C27H25NO7. The first-order valence-electron chi connectivity index (χ1n) is 11.6. The number of carbonyl (C=O) groups excluding carboxylic acids is 1. The summed E-state index contributed by atoms with van der Waals surface area (Å²) in [5.74, 6) is -1.37. The standard InChI is InChI=1S/C27H25NO7/c1-2-3-4-5-12-28-24-17(25(31)32)8-11-20-23(24)26(33)35-27(20)18-9-6-15(29)13-21(18)34-22-14-16(30)7-10-19(22)27/h6-11,13-14,28-30H,2-5,12H2,1H3,(H,31,32). The Kier molecular flexibility index (Phi) is 5.51. The fraction of sp³-hybridized carbons (Fsp3) is 0.259. The van der Waals surface area contributed by atoms with Crippen molar-refractivity contribution in [2.75, 3.05) is 11.9 Å². The van der Waals surface area contributed by atoms with E-state index in [-0.39, 0.29) is 39.8 Å². The van der Waals surface area contributed by atoms with E-state index in [0.717, 1.165) is 25.7 Å². The molecule has 5 rings (SSSR count). The Balaban J connectivity index is 1.72. The minimum Gasteiger partial charge on any atom is -0.508 e. The van der Waals surface area contributed by atoms with Crippen molar-refractivity contribution < 1.29 is 34.4 Å². The van der Waals surface area contributed by atoms with Crippen molar-refractivity contribution in [3.8, 4) is 23.0 Å². The first kappa shape index (κ1) is 22.6. The van der Waals surface area contributed by atoms with Gasteiger partial charge in [0, 0.05) is 35.4 Å². The van der Waals surface area contributed by atoms with Gasteiger partial charge < -0.3 is 30.1 Å². The lowest BCUT2D eigenvalue weighted by atomic mass is 9.77. The van der Waals surface area contributed by atoms with Gasteiger partial charge in [-0.05, 0) is 36.8 Å². The highest BCUT2D eigenvalue weighted by atomic mass is 16.6. The number of carbonyl (C=O) groups is 2. The van der Waals surface area contributed by atoms with Crippen LogP contribution in [0.25, 0.3) is 0 Å². The van der Waals surface area contributed by atoms with E-state index in [1.165, 1.54) is 30.3 Å². The molecule has 35 heavy (non-hydrogen) atoms. The molecule has 1 spiro atoms. The Morgan fingerprint density at radius 2 is 1.54 bits per heavy atom. The molecule has 8 heteroatoms.